The summed E-state index contributed by atoms with van der Waals surface area (Å²) in [6.07, 6.45) is 1.91. The van der Waals surface area contributed by atoms with Gasteiger partial charge in [-0.3, -0.25) is 13.9 Å². The van der Waals surface area contributed by atoms with E-state index in [0.717, 1.165) is 5.39 Å². The lowest BCUT2D eigenvalue weighted by Gasteiger charge is -2.20. The molecule has 2 heterocycles. The number of aromatic nitrogens is 2. The van der Waals surface area contributed by atoms with Gasteiger partial charge in [0.15, 0.2) is 0 Å². The summed E-state index contributed by atoms with van der Waals surface area (Å²) in [5.74, 6) is -1.92. The number of nitrogens with one attached hydrogen (secondary N) is 1. The Kier molecular flexibility index (Phi) is 8.68. The summed E-state index contributed by atoms with van der Waals surface area (Å²) in [6, 6.07) is 11.8. The Hall–Kier alpha value is -4.64. The molecule has 0 bridgehead atoms. The van der Waals surface area contributed by atoms with Crippen LogP contribution in [0.3, 0.4) is 0 Å². The van der Waals surface area contributed by atoms with Gasteiger partial charge < -0.3 is 25.6 Å². The van der Waals surface area contributed by atoms with Gasteiger partial charge in [-0.2, -0.15) is 0 Å². The Morgan fingerprint density at radius 3 is 1.60 bits per heavy atom. The van der Waals surface area contributed by atoms with Crippen molar-refractivity contribution in [1.82, 2.24) is 14.5 Å². The highest BCUT2D eigenvalue weighted by Crippen LogP contribution is 2.26. The van der Waals surface area contributed by atoms with Crippen molar-refractivity contribution < 1.29 is 33.8 Å². The molecule has 43 heavy (non-hydrogen) atoms. The van der Waals surface area contributed by atoms with E-state index in [1.165, 1.54) is 15.3 Å². The van der Waals surface area contributed by atoms with Crippen molar-refractivity contribution >= 4 is 45.9 Å². The van der Waals surface area contributed by atoms with E-state index >= 15 is 0 Å². The fraction of sp³-hybridized carbons (Fsp3) is 0.375. The van der Waals surface area contributed by atoms with Gasteiger partial charge in [0.05, 0.1) is 17.1 Å². The second-order valence-electron chi connectivity index (χ2n) is 12.5. The maximum atomic E-state index is 13.2. The lowest BCUT2D eigenvalue weighted by molar-refractivity contribution is -0.141. The number of nitrogens with zero attached hydrogens (tertiary/aromatic N) is 2. The third-order valence-electron chi connectivity index (χ3n) is 6.58. The van der Waals surface area contributed by atoms with Crippen molar-refractivity contribution in [1.29, 1.82) is 0 Å². The van der Waals surface area contributed by atoms with Crippen LogP contribution in [0.4, 0.5) is 9.59 Å². The van der Waals surface area contributed by atoms with Crippen LogP contribution in [0.2, 0.25) is 0 Å². The predicted octanol–water partition coefficient (Wildman–Crippen LogP) is 4.84. The molecule has 1 amide bonds. The van der Waals surface area contributed by atoms with Gasteiger partial charge in [0.25, 0.3) is 0 Å². The van der Waals surface area contributed by atoms with Gasteiger partial charge in [-0.25, -0.2) is 14.4 Å². The number of hydrogen-bond acceptors (Lipinski definition) is 7. The fourth-order valence-electron chi connectivity index (χ4n) is 4.78. The molecule has 2 aromatic heterocycles. The van der Waals surface area contributed by atoms with Crippen LogP contribution in [0.15, 0.2) is 60.9 Å². The largest absolute Gasteiger partial charge is 0.480 e. The Labute approximate surface area is 249 Å². The molecule has 0 aliphatic heterocycles. The monoisotopic (exact) mass is 590 g/mol. The molecule has 2 aromatic carbocycles. The van der Waals surface area contributed by atoms with Crippen molar-refractivity contribution in [2.45, 2.75) is 77.7 Å². The Morgan fingerprint density at radius 1 is 0.767 bits per heavy atom. The zero-order valence-electron chi connectivity index (χ0n) is 25.2. The van der Waals surface area contributed by atoms with Crippen LogP contribution in [0.5, 0.6) is 0 Å². The molecule has 4 aromatic rings. The molecule has 0 spiro atoms. The van der Waals surface area contributed by atoms with Crippen LogP contribution < -0.4 is 11.1 Å². The molecule has 4 rings (SSSR count). The summed E-state index contributed by atoms with van der Waals surface area (Å²) in [7, 11) is 0. The number of carboxylic acids is 1. The second-order valence-corrected chi connectivity index (χ2v) is 12.5. The highest BCUT2D eigenvalue weighted by atomic mass is 16.6. The van der Waals surface area contributed by atoms with E-state index in [4.69, 9.17) is 15.2 Å². The van der Waals surface area contributed by atoms with E-state index in [1.807, 2.05) is 12.1 Å². The maximum Gasteiger partial charge on any atom is 0.419 e. The number of carbonyl (C=O) groups is 4. The molecule has 228 valence electrons. The normalized spacial score (nSPS) is 13.5. The number of carbonyl (C=O) groups excluding carboxylic acids is 3. The standard InChI is InChI=1S/C32H38N4O7/c1-31(2,3)42-29(40)35-17-19(21-11-7-9-13-25(21)35)15-23(33)27(37)34-24(28(38)39)16-20-18-36(30(41)43-32(4,5)6)26-14-10-8-12-22(20)26/h7-14,17-18,23-24H,15-16,33H2,1-6H3,(H,34,37)(H,38,39)/t23-,24+/m1/s1. The zero-order valence-corrected chi connectivity index (χ0v) is 25.2. The van der Waals surface area contributed by atoms with Crippen LogP contribution in [0.1, 0.15) is 52.7 Å². The first-order valence-electron chi connectivity index (χ1n) is 14.0. The summed E-state index contributed by atoms with van der Waals surface area (Å²) in [4.78, 5) is 51.1. The number of amides is 1. The third-order valence-corrected chi connectivity index (χ3v) is 6.58. The summed E-state index contributed by atoms with van der Waals surface area (Å²) in [5, 5.41) is 13.9. The van der Waals surface area contributed by atoms with Crippen molar-refractivity contribution in [3.8, 4) is 0 Å². The summed E-state index contributed by atoms with van der Waals surface area (Å²) in [6.45, 7) is 10.6. The number of hydrogen-bond donors (Lipinski definition) is 3. The van der Waals surface area contributed by atoms with Gasteiger partial charge in [0.2, 0.25) is 5.91 Å². The smallest absolute Gasteiger partial charge is 0.419 e. The molecule has 4 N–H and O–H groups in total. The first-order chi connectivity index (χ1) is 20.0. The van der Waals surface area contributed by atoms with E-state index in [9.17, 15) is 24.3 Å². The number of carboxylic acid groups (broad SMARTS) is 1. The quantitative estimate of drug-likeness (QED) is 0.276. The maximum absolute atomic E-state index is 13.2. The van der Waals surface area contributed by atoms with Crippen LogP contribution >= 0.6 is 0 Å². The molecular weight excluding hydrogens is 552 g/mol. The Bertz CT molecular complexity index is 1690. The fourth-order valence-corrected chi connectivity index (χ4v) is 4.78. The highest BCUT2D eigenvalue weighted by Gasteiger charge is 2.28. The minimum atomic E-state index is -1.32. The van der Waals surface area contributed by atoms with Crippen molar-refractivity contribution in [2.24, 2.45) is 5.73 Å². The lowest BCUT2D eigenvalue weighted by atomic mass is 10.0. The summed E-state index contributed by atoms with van der Waals surface area (Å²) >= 11 is 0. The van der Waals surface area contributed by atoms with Gasteiger partial charge in [-0.1, -0.05) is 36.4 Å². The average Bonchev–Trinajstić information content (AvgIpc) is 3.45. The highest BCUT2D eigenvalue weighted by molar-refractivity contribution is 5.94. The predicted molar refractivity (Wildman–Crippen MR) is 162 cm³/mol. The molecule has 11 nitrogen and oxygen atoms in total. The molecule has 2 atom stereocenters. The number of aliphatic carboxylic acids is 1. The molecule has 0 radical (unpaired) electrons. The number of fused-ring (bicyclic) bond motifs is 2. The molecule has 11 heteroatoms. The molecule has 0 fully saturated rings. The number of rotatable bonds is 7. The zero-order chi connectivity index (χ0) is 31.7. The number of benzene rings is 2. The van der Waals surface area contributed by atoms with Crippen molar-refractivity contribution in [2.75, 3.05) is 0 Å². The summed E-state index contributed by atoms with van der Waals surface area (Å²) < 4.78 is 13.7. The van der Waals surface area contributed by atoms with Crippen LogP contribution in [-0.2, 0) is 31.9 Å². The van der Waals surface area contributed by atoms with Crippen LogP contribution in [-0.4, -0.2) is 61.6 Å². The molecule has 0 unspecified atom stereocenters. The molecule has 0 aliphatic carbocycles. The minimum absolute atomic E-state index is 0.0481. The van der Waals surface area contributed by atoms with Crippen molar-refractivity contribution in [3.63, 3.8) is 0 Å². The SMILES string of the molecule is CC(C)(C)OC(=O)n1cc(C[C@@H](N)C(=O)N[C@@H](Cc2cn(C(=O)OC(C)(C)C)c3ccccc23)C(=O)O)c2ccccc21. The van der Waals surface area contributed by atoms with Gasteiger partial charge in [-0.05, 0) is 71.2 Å². The van der Waals surface area contributed by atoms with Gasteiger partial charge in [-0.15, -0.1) is 0 Å². The Balaban J connectivity index is 1.54. The number of para-hydroxylation sites is 2. The van der Waals surface area contributed by atoms with E-state index in [2.05, 4.69) is 5.32 Å². The van der Waals surface area contributed by atoms with Crippen LogP contribution in [0.25, 0.3) is 21.8 Å². The molecule has 0 aliphatic rings. The number of nitrogens with two attached hydrogens (primary N) is 1. The van der Waals surface area contributed by atoms with E-state index in [0.29, 0.717) is 27.5 Å². The average molecular weight is 591 g/mol. The van der Waals surface area contributed by atoms with Gasteiger partial charge in [0.1, 0.15) is 17.2 Å². The van der Waals surface area contributed by atoms with E-state index in [-0.39, 0.29) is 12.8 Å². The molecule has 0 saturated heterocycles. The Morgan fingerprint density at radius 2 is 1.19 bits per heavy atom. The number of ether oxygens (including phenoxy) is 2. The molecular formula is C32H38N4O7. The molecule has 0 saturated carbocycles. The van der Waals surface area contributed by atoms with E-state index < -0.39 is 47.3 Å². The minimum Gasteiger partial charge on any atom is -0.480 e. The van der Waals surface area contributed by atoms with E-state index in [1.54, 1.807) is 84.1 Å². The van der Waals surface area contributed by atoms with Gasteiger partial charge in [0, 0.05) is 29.6 Å². The van der Waals surface area contributed by atoms with Gasteiger partial charge >= 0.3 is 18.2 Å². The first kappa shape index (κ1) is 31.3. The topological polar surface area (TPSA) is 155 Å². The summed E-state index contributed by atoms with van der Waals surface area (Å²) in [5.41, 5.74) is 7.17. The van der Waals surface area contributed by atoms with Crippen molar-refractivity contribution in [3.05, 3.63) is 72.1 Å². The second kappa shape index (κ2) is 11.9. The lowest BCUT2D eigenvalue weighted by Crippen LogP contribution is -2.50. The third kappa shape index (κ3) is 7.42. The first-order valence-corrected chi connectivity index (χ1v) is 14.0. The van der Waals surface area contributed by atoms with Crippen LogP contribution in [0, 0.1) is 0 Å².